The minimum absolute atomic E-state index is 0.837. The molecule has 3 rings (SSSR count). The topological polar surface area (TPSA) is 15.3 Å². The lowest BCUT2D eigenvalue weighted by molar-refractivity contribution is 0.0973. The van der Waals surface area contributed by atoms with Gasteiger partial charge in [0.1, 0.15) is 0 Å². The monoisotopic (exact) mass is 268 g/mol. The molecule has 3 heterocycles. The summed E-state index contributed by atoms with van der Waals surface area (Å²) >= 11 is 2.18. The van der Waals surface area contributed by atoms with E-state index in [9.17, 15) is 0 Å². The van der Waals surface area contributed by atoms with Crippen molar-refractivity contribution in [1.82, 2.24) is 10.2 Å². The summed E-state index contributed by atoms with van der Waals surface area (Å²) in [4.78, 5) is 2.90. The lowest BCUT2D eigenvalue weighted by Gasteiger charge is -2.43. The summed E-state index contributed by atoms with van der Waals surface area (Å²) in [7, 11) is 0. The molecule has 0 radical (unpaired) electrons. The highest BCUT2D eigenvalue weighted by molar-refractivity contribution is 7.99. The van der Waals surface area contributed by atoms with Gasteiger partial charge in [0.05, 0.1) is 0 Å². The summed E-state index contributed by atoms with van der Waals surface area (Å²) in [6.45, 7) is 3.67. The number of nitrogens with zero attached hydrogens (tertiary/aromatic N) is 1. The molecule has 3 saturated heterocycles. The van der Waals surface area contributed by atoms with Gasteiger partial charge in [-0.15, -0.1) is 0 Å². The zero-order chi connectivity index (χ0) is 12.4. The smallest absolute Gasteiger partial charge is 0.0189 e. The average molecular weight is 268 g/mol. The fraction of sp³-hybridized carbons (Fsp3) is 1.00. The largest absolute Gasteiger partial charge is 0.311 e. The van der Waals surface area contributed by atoms with Gasteiger partial charge in [0.25, 0.3) is 0 Å². The molecule has 3 heteroatoms. The Hall–Kier alpha value is 0.270. The highest BCUT2D eigenvalue weighted by Gasteiger charge is 2.37. The number of hydrogen-bond donors (Lipinski definition) is 1. The molecule has 0 aromatic rings. The maximum absolute atomic E-state index is 3.79. The lowest BCUT2D eigenvalue weighted by Crippen LogP contribution is -2.53. The van der Waals surface area contributed by atoms with Crippen LogP contribution in [-0.2, 0) is 0 Å². The van der Waals surface area contributed by atoms with E-state index in [-0.39, 0.29) is 0 Å². The first-order valence-electron chi connectivity index (χ1n) is 7.96. The number of hydrogen-bond acceptors (Lipinski definition) is 3. The standard InChI is InChI=1S/C15H28N2S/c1-2-7-17(14-4-3-8-18-11-14)15-9-12-5-6-13(10-15)16-12/h12-16H,2-11H2,1H3. The SMILES string of the molecule is CCCN(C1CCCSC1)C1CC2CCC(C1)N2. The fourth-order valence-corrected chi connectivity index (χ4v) is 5.37. The number of thioether (sulfide) groups is 1. The second-order valence-corrected chi connectivity index (χ2v) is 7.52. The number of fused-ring (bicyclic) bond motifs is 2. The molecule has 0 aliphatic carbocycles. The molecule has 0 spiro atoms. The van der Waals surface area contributed by atoms with E-state index >= 15 is 0 Å². The van der Waals surface area contributed by atoms with E-state index in [1.807, 2.05) is 0 Å². The Morgan fingerprint density at radius 2 is 1.89 bits per heavy atom. The molecule has 18 heavy (non-hydrogen) atoms. The van der Waals surface area contributed by atoms with Crippen LogP contribution in [0.1, 0.15) is 51.9 Å². The van der Waals surface area contributed by atoms with Crippen molar-refractivity contribution in [3.8, 4) is 0 Å². The maximum Gasteiger partial charge on any atom is 0.0189 e. The van der Waals surface area contributed by atoms with Crippen molar-refractivity contribution in [2.45, 2.75) is 76.0 Å². The molecule has 104 valence electrons. The van der Waals surface area contributed by atoms with E-state index in [1.165, 1.54) is 63.0 Å². The van der Waals surface area contributed by atoms with Gasteiger partial charge in [0, 0.05) is 29.9 Å². The Morgan fingerprint density at radius 3 is 2.50 bits per heavy atom. The van der Waals surface area contributed by atoms with Crippen LogP contribution in [0.25, 0.3) is 0 Å². The predicted octanol–water partition coefficient (Wildman–Crippen LogP) is 2.88. The van der Waals surface area contributed by atoms with E-state index in [0.717, 1.165) is 24.2 Å². The van der Waals surface area contributed by atoms with Crippen LogP contribution >= 0.6 is 11.8 Å². The summed E-state index contributed by atoms with van der Waals surface area (Å²) in [5, 5.41) is 3.79. The molecule has 2 nitrogen and oxygen atoms in total. The summed E-state index contributed by atoms with van der Waals surface area (Å²) < 4.78 is 0. The number of rotatable bonds is 4. The van der Waals surface area contributed by atoms with Gasteiger partial charge in [-0.3, -0.25) is 4.90 Å². The Morgan fingerprint density at radius 1 is 1.11 bits per heavy atom. The van der Waals surface area contributed by atoms with Crippen molar-refractivity contribution in [2.75, 3.05) is 18.1 Å². The minimum Gasteiger partial charge on any atom is -0.311 e. The normalized spacial score (nSPS) is 40.3. The van der Waals surface area contributed by atoms with Crippen molar-refractivity contribution in [2.24, 2.45) is 0 Å². The first-order chi connectivity index (χ1) is 8.86. The van der Waals surface area contributed by atoms with Crippen molar-refractivity contribution in [3.05, 3.63) is 0 Å². The van der Waals surface area contributed by atoms with Gasteiger partial charge in [-0.25, -0.2) is 0 Å². The molecule has 0 aromatic heterocycles. The minimum atomic E-state index is 0.837. The van der Waals surface area contributed by atoms with E-state index < -0.39 is 0 Å². The summed E-state index contributed by atoms with van der Waals surface area (Å²) in [6, 6.07) is 3.44. The third-order valence-corrected chi connectivity index (χ3v) is 6.20. The molecule has 3 aliphatic rings. The molecule has 3 aliphatic heterocycles. The van der Waals surface area contributed by atoms with E-state index in [4.69, 9.17) is 0 Å². The molecular weight excluding hydrogens is 240 g/mol. The van der Waals surface area contributed by atoms with Crippen LogP contribution in [0.5, 0.6) is 0 Å². The van der Waals surface area contributed by atoms with Gasteiger partial charge in [0.2, 0.25) is 0 Å². The number of piperidine rings is 1. The maximum atomic E-state index is 3.79. The molecule has 3 unspecified atom stereocenters. The van der Waals surface area contributed by atoms with E-state index in [1.54, 1.807) is 0 Å². The van der Waals surface area contributed by atoms with Gasteiger partial charge < -0.3 is 5.32 Å². The molecule has 0 saturated carbocycles. The van der Waals surface area contributed by atoms with Crippen LogP contribution in [0.2, 0.25) is 0 Å². The first-order valence-corrected chi connectivity index (χ1v) is 9.12. The first kappa shape index (κ1) is 13.3. The summed E-state index contributed by atoms with van der Waals surface area (Å²) in [6.07, 6.45) is 9.90. The quantitative estimate of drug-likeness (QED) is 0.844. The molecule has 2 bridgehead atoms. The molecule has 0 aromatic carbocycles. The Bertz CT molecular complexity index is 253. The third kappa shape index (κ3) is 2.88. The van der Waals surface area contributed by atoms with Crippen molar-refractivity contribution >= 4 is 11.8 Å². The molecule has 0 amide bonds. The Labute approximate surface area is 116 Å². The summed E-state index contributed by atoms with van der Waals surface area (Å²) in [5.41, 5.74) is 0. The van der Waals surface area contributed by atoms with Gasteiger partial charge in [0.15, 0.2) is 0 Å². The van der Waals surface area contributed by atoms with Crippen LogP contribution in [0.4, 0.5) is 0 Å². The van der Waals surface area contributed by atoms with Gasteiger partial charge in [-0.2, -0.15) is 11.8 Å². The van der Waals surface area contributed by atoms with Gasteiger partial charge >= 0.3 is 0 Å². The molecular formula is C15H28N2S. The van der Waals surface area contributed by atoms with E-state index in [2.05, 4.69) is 28.9 Å². The van der Waals surface area contributed by atoms with Crippen LogP contribution in [0, 0.1) is 0 Å². The van der Waals surface area contributed by atoms with Crippen molar-refractivity contribution in [1.29, 1.82) is 0 Å². The highest BCUT2D eigenvalue weighted by atomic mass is 32.2. The highest BCUT2D eigenvalue weighted by Crippen LogP contribution is 2.33. The molecule has 3 fully saturated rings. The second-order valence-electron chi connectivity index (χ2n) is 6.37. The second kappa shape index (κ2) is 6.15. The Kier molecular flexibility index (Phi) is 4.53. The van der Waals surface area contributed by atoms with Crippen LogP contribution in [-0.4, -0.2) is 47.1 Å². The van der Waals surface area contributed by atoms with Crippen molar-refractivity contribution < 1.29 is 0 Å². The van der Waals surface area contributed by atoms with E-state index in [0.29, 0.717) is 0 Å². The number of nitrogens with one attached hydrogen (secondary N) is 1. The van der Waals surface area contributed by atoms with Crippen LogP contribution < -0.4 is 5.32 Å². The van der Waals surface area contributed by atoms with Gasteiger partial charge in [-0.1, -0.05) is 6.92 Å². The zero-order valence-electron chi connectivity index (χ0n) is 11.7. The average Bonchev–Trinajstić information content (AvgIpc) is 2.76. The van der Waals surface area contributed by atoms with Gasteiger partial charge in [-0.05, 0) is 57.2 Å². The predicted molar refractivity (Wildman–Crippen MR) is 80.3 cm³/mol. The molecule has 1 N–H and O–H groups in total. The van der Waals surface area contributed by atoms with Crippen LogP contribution in [0.15, 0.2) is 0 Å². The molecule has 3 atom stereocenters. The zero-order valence-corrected chi connectivity index (χ0v) is 12.6. The summed E-state index contributed by atoms with van der Waals surface area (Å²) in [5.74, 6) is 2.78. The van der Waals surface area contributed by atoms with Crippen LogP contribution in [0.3, 0.4) is 0 Å². The fourth-order valence-electron chi connectivity index (χ4n) is 4.20. The lowest BCUT2D eigenvalue weighted by atomic mass is 9.95. The van der Waals surface area contributed by atoms with Crippen molar-refractivity contribution in [3.63, 3.8) is 0 Å². The Balaban J connectivity index is 1.64. The third-order valence-electron chi connectivity index (χ3n) is 5.00.